The molecule has 0 spiro atoms. The molecule has 0 amide bonds. The van der Waals surface area contributed by atoms with Gasteiger partial charge in [0.15, 0.2) is 0 Å². The number of hydrogen-bond donors (Lipinski definition) is 1. The molecule has 0 saturated carbocycles. The fraction of sp³-hybridized carbons (Fsp3) is 0.381. The SMILES string of the molecule is CC.CC.CC.Cc1ncc(-c2ccc(C)c3ccccc23)[nH]1.[HH]. The Morgan fingerprint density at radius 2 is 1.35 bits per heavy atom. The molecule has 0 fully saturated rings. The Labute approximate surface area is 143 Å². The molecule has 0 radical (unpaired) electrons. The fourth-order valence-electron chi connectivity index (χ4n) is 2.24. The second kappa shape index (κ2) is 11.5. The molecule has 0 aliphatic heterocycles. The quantitative estimate of drug-likeness (QED) is 0.506. The van der Waals surface area contributed by atoms with E-state index in [9.17, 15) is 0 Å². The standard InChI is InChI=1S/C15H14N2.3C2H6.H2/c1-10-7-8-14(15-9-16-11(2)17-15)13-6-4-3-5-12(10)13;3*1-2;/h3-9H,1-2H3,(H,16,17);3*1-2H3;1H. The predicted molar refractivity (Wildman–Crippen MR) is 107 cm³/mol. The molecule has 1 aromatic heterocycles. The molecule has 0 aliphatic carbocycles. The van der Waals surface area contributed by atoms with Crippen LogP contribution in [0.25, 0.3) is 22.0 Å². The van der Waals surface area contributed by atoms with Crippen LogP contribution in [0.4, 0.5) is 0 Å². The zero-order valence-corrected chi connectivity index (χ0v) is 16.0. The van der Waals surface area contributed by atoms with Gasteiger partial charge in [0.25, 0.3) is 0 Å². The van der Waals surface area contributed by atoms with E-state index in [0.717, 1.165) is 11.5 Å². The van der Waals surface area contributed by atoms with Gasteiger partial charge in [0.1, 0.15) is 5.82 Å². The van der Waals surface area contributed by atoms with Crippen LogP contribution in [0.1, 0.15) is 54.4 Å². The van der Waals surface area contributed by atoms with Crippen molar-refractivity contribution in [2.24, 2.45) is 0 Å². The number of aryl methyl sites for hydroxylation is 2. The first-order chi connectivity index (χ1) is 11.3. The van der Waals surface area contributed by atoms with Gasteiger partial charge in [-0.2, -0.15) is 0 Å². The summed E-state index contributed by atoms with van der Waals surface area (Å²) in [7, 11) is 0. The van der Waals surface area contributed by atoms with Crippen LogP contribution in [0, 0.1) is 13.8 Å². The molecule has 0 bridgehead atoms. The number of nitrogens with zero attached hydrogens (tertiary/aromatic N) is 1. The van der Waals surface area contributed by atoms with Crippen molar-refractivity contribution in [3.05, 3.63) is 54.0 Å². The fourth-order valence-corrected chi connectivity index (χ4v) is 2.24. The van der Waals surface area contributed by atoms with Gasteiger partial charge in [-0.1, -0.05) is 77.9 Å². The number of H-pyrrole nitrogens is 1. The molecular formula is C21H34N2. The molecule has 2 aromatic carbocycles. The zero-order chi connectivity index (χ0) is 17.8. The summed E-state index contributed by atoms with van der Waals surface area (Å²) in [5.41, 5.74) is 3.60. The third-order valence-corrected chi connectivity index (χ3v) is 3.14. The van der Waals surface area contributed by atoms with Gasteiger partial charge in [-0.05, 0) is 30.2 Å². The van der Waals surface area contributed by atoms with Gasteiger partial charge >= 0.3 is 0 Å². The lowest BCUT2D eigenvalue weighted by Crippen LogP contribution is -1.84. The maximum Gasteiger partial charge on any atom is 0.103 e. The van der Waals surface area contributed by atoms with Crippen molar-refractivity contribution in [1.29, 1.82) is 0 Å². The molecular weight excluding hydrogens is 280 g/mol. The summed E-state index contributed by atoms with van der Waals surface area (Å²) in [5.74, 6) is 0.949. The summed E-state index contributed by atoms with van der Waals surface area (Å²) in [6.45, 7) is 16.1. The summed E-state index contributed by atoms with van der Waals surface area (Å²) in [6.07, 6.45) is 1.90. The number of aromatic amines is 1. The van der Waals surface area contributed by atoms with Crippen molar-refractivity contribution in [1.82, 2.24) is 9.97 Å². The lowest BCUT2D eigenvalue weighted by molar-refractivity contribution is 1.15. The number of aromatic nitrogens is 2. The second-order valence-electron chi connectivity index (χ2n) is 4.36. The van der Waals surface area contributed by atoms with Crippen molar-refractivity contribution in [2.45, 2.75) is 55.4 Å². The van der Waals surface area contributed by atoms with Gasteiger partial charge in [-0.25, -0.2) is 4.98 Å². The number of imidazole rings is 1. The highest BCUT2D eigenvalue weighted by atomic mass is 14.9. The molecule has 3 aromatic rings. The Morgan fingerprint density at radius 1 is 0.783 bits per heavy atom. The van der Waals surface area contributed by atoms with Crippen LogP contribution in [-0.2, 0) is 0 Å². The topological polar surface area (TPSA) is 28.7 Å². The van der Waals surface area contributed by atoms with Crippen LogP contribution in [0.15, 0.2) is 42.6 Å². The van der Waals surface area contributed by atoms with Crippen molar-refractivity contribution >= 4 is 10.8 Å². The maximum absolute atomic E-state index is 4.27. The smallest absolute Gasteiger partial charge is 0.103 e. The van der Waals surface area contributed by atoms with Gasteiger partial charge in [0, 0.05) is 6.99 Å². The summed E-state index contributed by atoms with van der Waals surface area (Å²) in [6, 6.07) is 12.8. The molecule has 128 valence electrons. The molecule has 2 heteroatoms. The van der Waals surface area contributed by atoms with Gasteiger partial charge in [-0.15, -0.1) is 0 Å². The highest BCUT2D eigenvalue weighted by molar-refractivity contribution is 5.97. The van der Waals surface area contributed by atoms with E-state index in [4.69, 9.17) is 0 Å². The molecule has 0 saturated heterocycles. The van der Waals surface area contributed by atoms with Crippen molar-refractivity contribution in [2.75, 3.05) is 0 Å². The maximum atomic E-state index is 4.27. The average Bonchev–Trinajstić information content (AvgIpc) is 3.07. The van der Waals surface area contributed by atoms with E-state index < -0.39 is 0 Å². The Kier molecular flexibility index (Phi) is 10.4. The molecule has 2 nitrogen and oxygen atoms in total. The minimum absolute atomic E-state index is 0. The van der Waals surface area contributed by atoms with E-state index in [1.54, 1.807) is 0 Å². The summed E-state index contributed by atoms with van der Waals surface area (Å²) >= 11 is 0. The number of benzene rings is 2. The van der Waals surface area contributed by atoms with Crippen LogP contribution >= 0.6 is 0 Å². The van der Waals surface area contributed by atoms with Gasteiger partial charge in [0.05, 0.1) is 11.9 Å². The first kappa shape index (κ1) is 20.9. The van der Waals surface area contributed by atoms with Gasteiger partial charge < -0.3 is 4.98 Å². The average molecular weight is 315 g/mol. The number of rotatable bonds is 1. The molecule has 1 heterocycles. The lowest BCUT2D eigenvalue weighted by atomic mass is 9.99. The molecule has 3 rings (SSSR count). The second-order valence-corrected chi connectivity index (χ2v) is 4.36. The number of fused-ring (bicyclic) bond motifs is 1. The first-order valence-electron chi connectivity index (χ1n) is 8.76. The molecule has 0 atom stereocenters. The van der Waals surface area contributed by atoms with Crippen LogP contribution in [-0.4, -0.2) is 9.97 Å². The summed E-state index contributed by atoms with van der Waals surface area (Å²) in [5, 5.41) is 2.58. The minimum atomic E-state index is 0. The number of hydrogen-bond acceptors (Lipinski definition) is 1. The van der Waals surface area contributed by atoms with E-state index in [-0.39, 0.29) is 1.43 Å². The van der Waals surface area contributed by atoms with E-state index >= 15 is 0 Å². The zero-order valence-electron chi connectivity index (χ0n) is 16.0. The molecule has 0 aliphatic rings. The predicted octanol–water partition coefficient (Wildman–Crippen LogP) is 7.17. The lowest BCUT2D eigenvalue weighted by Gasteiger charge is -2.07. The van der Waals surface area contributed by atoms with E-state index in [1.807, 2.05) is 54.7 Å². The summed E-state index contributed by atoms with van der Waals surface area (Å²) < 4.78 is 0. The Balaban J connectivity index is 0. The van der Waals surface area contributed by atoms with E-state index in [0.29, 0.717) is 0 Å². The van der Waals surface area contributed by atoms with Gasteiger partial charge in [0.2, 0.25) is 0 Å². The third kappa shape index (κ3) is 5.24. The Hall–Kier alpha value is -2.09. The van der Waals surface area contributed by atoms with Crippen LogP contribution in [0.5, 0.6) is 0 Å². The van der Waals surface area contributed by atoms with Crippen LogP contribution in [0.3, 0.4) is 0 Å². The van der Waals surface area contributed by atoms with Crippen LogP contribution < -0.4 is 0 Å². The largest absolute Gasteiger partial charge is 0.342 e. The molecule has 1 N–H and O–H groups in total. The normalized spacial score (nSPS) is 8.87. The highest BCUT2D eigenvalue weighted by Gasteiger charge is 2.06. The highest BCUT2D eigenvalue weighted by Crippen LogP contribution is 2.29. The third-order valence-electron chi connectivity index (χ3n) is 3.14. The molecule has 23 heavy (non-hydrogen) atoms. The van der Waals surface area contributed by atoms with Gasteiger partial charge in [-0.3, -0.25) is 0 Å². The van der Waals surface area contributed by atoms with Crippen LogP contribution in [0.2, 0.25) is 0 Å². The minimum Gasteiger partial charge on any atom is -0.342 e. The summed E-state index contributed by atoms with van der Waals surface area (Å²) in [4.78, 5) is 7.56. The first-order valence-corrected chi connectivity index (χ1v) is 8.76. The van der Waals surface area contributed by atoms with Crippen molar-refractivity contribution in [3.63, 3.8) is 0 Å². The van der Waals surface area contributed by atoms with Crippen molar-refractivity contribution < 1.29 is 1.43 Å². The monoisotopic (exact) mass is 314 g/mol. The molecule has 0 unspecified atom stereocenters. The van der Waals surface area contributed by atoms with E-state index in [2.05, 4.69) is 53.3 Å². The van der Waals surface area contributed by atoms with Crippen molar-refractivity contribution in [3.8, 4) is 11.3 Å². The Bertz CT molecular complexity index is 687. The van der Waals surface area contributed by atoms with E-state index in [1.165, 1.54) is 21.9 Å². The Morgan fingerprint density at radius 3 is 1.87 bits per heavy atom. The number of nitrogens with one attached hydrogen (secondary N) is 1.